The molecule has 1 heterocycles. The lowest BCUT2D eigenvalue weighted by Gasteiger charge is -2.16. The average molecular weight is 221 g/mol. The van der Waals surface area contributed by atoms with E-state index in [-0.39, 0.29) is 11.9 Å². The quantitative estimate of drug-likeness (QED) is 0.591. The molecule has 0 spiro atoms. The molecule has 0 radical (unpaired) electrons. The van der Waals surface area contributed by atoms with Gasteiger partial charge in [-0.05, 0) is 31.9 Å². The molecule has 0 amide bonds. The van der Waals surface area contributed by atoms with Crippen LogP contribution in [0.15, 0.2) is 12.3 Å². The summed E-state index contributed by atoms with van der Waals surface area (Å²) in [4.78, 5) is 4.14. The van der Waals surface area contributed by atoms with Crippen LogP contribution in [-0.4, -0.2) is 16.9 Å². The Balaban J connectivity index is 2.95. The molecule has 0 aromatic carbocycles. The Kier molecular flexibility index (Phi) is 4.28. The maximum Gasteiger partial charge on any atom is 0.225 e. The van der Waals surface area contributed by atoms with Crippen molar-refractivity contribution in [3.05, 3.63) is 23.4 Å². The summed E-state index contributed by atoms with van der Waals surface area (Å²) in [5.74, 6) is 0.470. The molecule has 0 aliphatic carbocycles. The standard InChI is InChI=1S/C12H19N3O/c1-4-5-9(3)16-12-10(11(13)14)8(2)6-7-15-12/h6-7,9H,4-5H2,1-3H3,(H3,13,14). The first-order valence-corrected chi connectivity index (χ1v) is 5.53. The number of aromatic nitrogens is 1. The largest absolute Gasteiger partial charge is 0.474 e. The third-order valence-electron chi connectivity index (χ3n) is 2.40. The number of ether oxygens (including phenoxy) is 1. The van der Waals surface area contributed by atoms with Crippen molar-refractivity contribution in [3.8, 4) is 5.88 Å². The highest BCUT2D eigenvalue weighted by atomic mass is 16.5. The molecule has 0 bridgehead atoms. The monoisotopic (exact) mass is 221 g/mol. The van der Waals surface area contributed by atoms with Crippen molar-refractivity contribution in [1.29, 1.82) is 5.41 Å². The van der Waals surface area contributed by atoms with Crippen LogP contribution in [0, 0.1) is 12.3 Å². The second kappa shape index (κ2) is 5.49. The summed E-state index contributed by atoms with van der Waals surface area (Å²) in [5, 5.41) is 7.52. The van der Waals surface area contributed by atoms with Gasteiger partial charge in [0.05, 0.1) is 11.7 Å². The first-order chi connectivity index (χ1) is 7.56. The lowest BCUT2D eigenvalue weighted by molar-refractivity contribution is 0.201. The topological polar surface area (TPSA) is 72.0 Å². The third-order valence-corrected chi connectivity index (χ3v) is 2.40. The molecule has 1 aromatic rings. The van der Waals surface area contributed by atoms with Gasteiger partial charge in [0.15, 0.2) is 0 Å². The minimum atomic E-state index is 0.00398. The molecule has 0 fully saturated rings. The number of nitrogen functional groups attached to an aromatic ring is 1. The van der Waals surface area contributed by atoms with E-state index in [1.165, 1.54) is 0 Å². The van der Waals surface area contributed by atoms with Crippen LogP contribution in [0.25, 0.3) is 0 Å². The summed E-state index contributed by atoms with van der Waals surface area (Å²) < 4.78 is 5.70. The van der Waals surface area contributed by atoms with Gasteiger partial charge in [0, 0.05) is 6.20 Å². The third kappa shape index (κ3) is 2.95. The van der Waals surface area contributed by atoms with Gasteiger partial charge in [0.2, 0.25) is 5.88 Å². The van der Waals surface area contributed by atoms with Gasteiger partial charge in [0.25, 0.3) is 0 Å². The molecule has 1 atom stereocenters. The lowest BCUT2D eigenvalue weighted by atomic mass is 10.1. The van der Waals surface area contributed by atoms with E-state index in [2.05, 4.69) is 11.9 Å². The van der Waals surface area contributed by atoms with Crippen molar-refractivity contribution in [3.63, 3.8) is 0 Å². The Labute approximate surface area is 96.3 Å². The van der Waals surface area contributed by atoms with E-state index < -0.39 is 0 Å². The predicted molar refractivity (Wildman–Crippen MR) is 65.0 cm³/mol. The van der Waals surface area contributed by atoms with Crippen molar-refractivity contribution >= 4 is 5.84 Å². The van der Waals surface area contributed by atoms with Gasteiger partial charge in [-0.15, -0.1) is 0 Å². The van der Waals surface area contributed by atoms with E-state index in [4.69, 9.17) is 15.9 Å². The van der Waals surface area contributed by atoms with Crippen molar-refractivity contribution in [2.45, 2.75) is 39.7 Å². The van der Waals surface area contributed by atoms with Crippen molar-refractivity contribution in [1.82, 2.24) is 4.98 Å². The van der Waals surface area contributed by atoms with Crippen LogP contribution in [0.2, 0.25) is 0 Å². The molecular formula is C12H19N3O. The van der Waals surface area contributed by atoms with Crippen molar-refractivity contribution < 1.29 is 4.74 Å². The van der Waals surface area contributed by atoms with Crippen LogP contribution in [0.3, 0.4) is 0 Å². The normalized spacial score (nSPS) is 12.2. The number of hydrogen-bond acceptors (Lipinski definition) is 3. The number of nitrogens with zero attached hydrogens (tertiary/aromatic N) is 1. The van der Waals surface area contributed by atoms with E-state index in [9.17, 15) is 0 Å². The molecule has 0 aliphatic heterocycles. The van der Waals surface area contributed by atoms with Crippen LogP contribution >= 0.6 is 0 Å². The number of hydrogen-bond donors (Lipinski definition) is 2. The van der Waals surface area contributed by atoms with Gasteiger partial charge in [0.1, 0.15) is 5.84 Å². The molecule has 16 heavy (non-hydrogen) atoms. The zero-order chi connectivity index (χ0) is 12.1. The Morgan fingerprint density at radius 2 is 2.31 bits per heavy atom. The maximum absolute atomic E-state index is 7.52. The minimum absolute atomic E-state index is 0.00398. The van der Waals surface area contributed by atoms with Crippen LogP contribution in [-0.2, 0) is 0 Å². The smallest absolute Gasteiger partial charge is 0.225 e. The van der Waals surface area contributed by atoms with E-state index in [1.54, 1.807) is 6.20 Å². The summed E-state index contributed by atoms with van der Waals surface area (Å²) in [6.07, 6.45) is 3.79. The molecule has 1 aromatic heterocycles. The molecule has 4 nitrogen and oxygen atoms in total. The first kappa shape index (κ1) is 12.5. The molecule has 0 aliphatic rings. The summed E-state index contributed by atoms with van der Waals surface area (Å²) in [6.45, 7) is 6.00. The Morgan fingerprint density at radius 1 is 1.62 bits per heavy atom. The van der Waals surface area contributed by atoms with Crippen LogP contribution in [0.1, 0.15) is 37.8 Å². The van der Waals surface area contributed by atoms with Crippen LogP contribution in [0.4, 0.5) is 0 Å². The second-order valence-electron chi connectivity index (χ2n) is 3.94. The van der Waals surface area contributed by atoms with Crippen LogP contribution in [0.5, 0.6) is 5.88 Å². The van der Waals surface area contributed by atoms with E-state index in [0.29, 0.717) is 11.4 Å². The summed E-state index contributed by atoms with van der Waals surface area (Å²) in [5.41, 5.74) is 7.05. The number of nitrogens with two attached hydrogens (primary N) is 1. The van der Waals surface area contributed by atoms with Crippen molar-refractivity contribution in [2.24, 2.45) is 5.73 Å². The Hall–Kier alpha value is -1.58. The highest BCUT2D eigenvalue weighted by molar-refractivity contribution is 5.98. The van der Waals surface area contributed by atoms with Gasteiger partial charge in [-0.1, -0.05) is 13.3 Å². The number of aryl methyl sites for hydroxylation is 1. The van der Waals surface area contributed by atoms with Gasteiger partial charge < -0.3 is 10.5 Å². The Bertz CT molecular complexity index is 377. The molecule has 1 unspecified atom stereocenters. The molecule has 88 valence electrons. The van der Waals surface area contributed by atoms with E-state index >= 15 is 0 Å². The highest BCUT2D eigenvalue weighted by Gasteiger charge is 2.13. The molecule has 4 heteroatoms. The van der Waals surface area contributed by atoms with Gasteiger partial charge >= 0.3 is 0 Å². The first-order valence-electron chi connectivity index (χ1n) is 5.53. The fraction of sp³-hybridized carbons (Fsp3) is 0.500. The molecule has 0 saturated carbocycles. The number of pyridine rings is 1. The lowest BCUT2D eigenvalue weighted by Crippen LogP contribution is -2.19. The second-order valence-corrected chi connectivity index (χ2v) is 3.94. The van der Waals surface area contributed by atoms with Crippen molar-refractivity contribution in [2.75, 3.05) is 0 Å². The fourth-order valence-electron chi connectivity index (χ4n) is 1.61. The SMILES string of the molecule is CCCC(C)Oc1nccc(C)c1C(=N)N. The number of rotatable bonds is 5. The summed E-state index contributed by atoms with van der Waals surface area (Å²) in [6, 6.07) is 1.83. The average Bonchev–Trinajstić information content (AvgIpc) is 2.17. The Morgan fingerprint density at radius 3 is 2.88 bits per heavy atom. The van der Waals surface area contributed by atoms with Crippen LogP contribution < -0.4 is 10.5 Å². The van der Waals surface area contributed by atoms with Gasteiger partial charge in [-0.3, -0.25) is 5.41 Å². The molecule has 3 N–H and O–H groups in total. The zero-order valence-electron chi connectivity index (χ0n) is 10.1. The predicted octanol–water partition coefficient (Wildman–Crippen LogP) is 2.24. The fourth-order valence-corrected chi connectivity index (χ4v) is 1.61. The molecular weight excluding hydrogens is 202 g/mol. The van der Waals surface area contributed by atoms with E-state index in [0.717, 1.165) is 18.4 Å². The van der Waals surface area contributed by atoms with Gasteiger partial charge in [-0.2, -0.15) is 0 Å². The molecule has 0 saturated heterocycles. The zero-order valence-corrected chi connectivity index (χ0v) is 10.1. The van der Waals surface area contributed by atoms with E-state index in [1.807, 2.05) is 19.9 Å². The van der Waals surface area contributed by atoms with Gasteiger partial charge in [-0.25, -0.2) is 4.98 Å². The summed E-state index contributed by atoms with van der Waals surface area (Å²) in [7, 11) is 0. The minimum Gasteiger partial charge on any atom is -0.474 e. The molecule has 1 rings (SSSR count). The summed E-state index contributed by atoms with van der Waals surface area (Å²) >= 11 is 0. The maximum atomic E-state index is 7.52. The number of amidine groups is 1. The number of nitrogens with one attached hydrogen (secondary N) is 1. The highest BCUT2D eigenvalue weighted by Crippen LogP contribution is 2.20.